The van der Waals surface area contributed by atoms with Crippen LogP contribution in [0, 0.1) is 12.3 Å². The summed E-state index contributed by atoms with van der Waals surface area (Å²) in [5, 5.41) is 2.95. The molecule has 0 aliphatic heterocycles. The Bertz CT molecular complexity index is 419. The largest absolute Gasteiger partial charge is 0.496 e. The second-order valence-electron chi connectivity index (χ2n) is 5.56. The van der Waals surface area contributed by atoms with Gasteiger partial charge in [-0.2, -0.15) is 0 Å². The fourth-order valence-electron chi connectivity index (χ4n) is 1.68. The summed E-state index contributed by atoms with van der Waals surface area (Å²) in [5.41, 5.74) is 2.01. The standard InChI is InChI=1S/C15H23NO2/c1-11-10-12(6-7-13(11)18-5)8-9-16-14(17)15(2,3)4/h6-7,10H,8-9H2,1-5H3,(H,16,17). The van der Waals surface area contributed by atoms with Crippen molar-refractivity contribution in [3.63, 3.8) is 0 Å². The van der Waals surface area contributed by atoms with E-state index in [1.54, 1.807) is 7.11 Å². The second-order valence-corrected chi connectivity index (χ2v) is 5.56. The molecule has 1 aromatic rings. The van der Waals surface area contributed by atoms with Gasteiger partial charge in [-0.05, 0) is 30.5 Å². The van der Waals surface area contributed by atoms with E-state index < -0.39 is 0 Å². The average Bonchev–Trinajstić information content (AvgIpc) is 2.28. The van der Waals surface area contributed by atoms with Crippen LogP contribution in [0.4, 0.5) is 0 Å². The molecule has 100 valence electrons. The van der Waals surface area contributed by atoms with Crippen molar-refractivity contribution in [2.45, 2.75) is 34.1 Å². The summed E-state index contributed by atoms with van der Waals surface area (Å²) in [6.45, 7) is 8.44. The van der Waals surface area contributed by atoms with Gasteiger partial charge in [-0.15, -0.1) is 0 Å². The van der Waals surface area contributed by atoms with Crippen molar-refractivity contribution in [1.82, 2.24) is 5.32 Å². The van der Waals surface area contributed by atoms with Crippen molar-refractivity contribution in [2.75, 3.05) is 13.7 Å². The highest BCUT2D eigenvalue weighted by molar-refractivity contribution is 5.81. The molecule has 1 aromatic carbocycles. The van der Waals surface area contributed by atoms with Crippen molar-refractivity contribution in [3.8, 4) is 5.75 Å². The second kappa shape index (κ2) is 5.89. The molecule has 0 fully saturated rings. The highest BCUT2D eigenvalue weighted by Gasteiger charge is 2.20. The molecule has 0 heterocycles. The van der Waals surface area contributed by atoms with Gasteiger partial charge in [0, 0.05) is 12.0 Å². The van der Waals surface area contributed by atoms with E-state index in [-0.39, 0.29) is 11.3 Å². The minimum absolute atomic E-state index is 0.0905. The predicted molar refractivity (Wildman–Crippen MR) is 73.9 cm³/mol. The van der Waals surface area contributed by atoms with Crippen molar-refractivity contribution in [3.05, 3.63) is 29.3 Å². The number of nitrogens with one attached hydrogen (secondary N) is 1. The van der Waals surface area contributed by atoms with E-state index >= 15 is 0 Å². The highest BCUT2D eigenvalue weighted by Crippen LogP contribution is 2.18. The van der Waals surface area contributed by atoms with Gasteiger partial charge in [-0.3, -0.25) is 4.79 Å². The van der Waals surface area contributed by atoms with Crippen molar-refractivity contribution in [1.29, 1.82) is 0 Å². The molecule has 0 aliphatic carbocycles. The fraction of sp³-hybridized carbons (Fsp3) is 0.533. The van der Waals surface area contributed by atoms with Crippen LogP contribution in [0.15, 0.2) is 18.2 Å². The number of methoxy groups -OCH3 is 1. The van der Waals surface area contributed by atoms with Crippen LogP contribution in [0.5, 0.6) is 5.75 Å². The Kier molecular flexibility index (Phi) is 4.76. The lowest BCUT2D eigenvalue weighted by molar-refractivity contribution is -0.128. The predicted octanol–water partition coefficient (Wildman–Crippen LogP) is 2.71. The number of hydrogen-bond acceptors (Lipinski definition) is 2. The molecule has 3 heteroatoms. The Morgan fingerprint density at radius 1 is 1.33 bits per heavy atom. The third kappa shape index (κ3) is 4.06. The topological polar surface area (TPSA) is 38.3 Å². The lowest BCUT2D eigenvalue weighted by atomic mass is 9.95. The number of carbonyl (C=O) groups excluding carboxylic acids is 1. The molecule has 0 aliphatic rings. The molecular formula is C15H23NO2. The SMILES string of the molecule is COc1ccc(CCNC(=O)C(C)(C)C)cc1C. The summed E-state index contributed by atoms with van der Waals surface area (Å²) in [5.74, 6) is 0.991. The molecule has 0 saturated carbocycles. The molecule has 0 saturated heterocycles. The minimum Gasteiger partial charge on any atom is -0.496 e. The Morgan fingerprint density at radius 2 is 2.00 bits per heavy atom. The van der Waals surface area contributed by atoms with Gasteiger partial charge in [-0.1, -0.05) is 32.9 Å². The fourth-order valence-corrected chi connectivity index (χ4v) is 1.68. The van der Waals surface area contributed by atoms with Crippen molar-refractivity contribution >= 4 is 5.91 Å². The number of rotatable bonds is 4. The molecule has 0 radical (unpaired) electrons. The van der Waals surface area contributed by atoms with Crippen LogP contribution in [-0.2, 0) is 11.2 Å². The monoisotopic (exact) mass is 249 g/mol. The van der Waals surface area contributed by atoms with Crippen molar-refractivity contribution < 1.29 is 9.53 Å². The van der Waals surface area contributed by atoms with E-state index in [0.717, 1.165) is 17.7 Å². The Hall–Kier alpha value is -1.51. The van der Waals surface area contributed by atoms with E-state index in [4.69, 9.17) is 4.74 Å². The van der Waals surface area contributed by atoms with Crippen LogP contribution in [0.1, 0.15) is 31.9 Å². The number of benzene rings is 1. The zero-order valence-corrected chi connectivity index (χ0v) is 12.0. The van der Waals surface area contributed by atoms with Crippen LogP contribution in [-0.4, -0.2) is 19.6 Å². The number of aryl methyl sites for hydroxylation is 1. The Labute approximate surface area is 110 Å². The first-order valence-corrected chi connectivity index (χ1v) is 6.26. The third-order valence-electron chi connectivity index (χ3n) is 2.84. The lowest BCUT2D eigenvalue weighted by Crippen LogP contribution is -2.35. The van der Waals surface area contributed by atoms with Gasteiger partial charge in [0.2, 0.25) is 5.91 Å². The van der Waals surface area contributed by atoms with Crippen LogP contribution in [0.3, 0.4) is 0 Å². The molecule has 1 amide bonds. The molecule has 0 unspecified atom stereocenters. The van der Waals surface area contributed by atoms with Gasteiger partial charge < -0.3 is 10.1 Å². The normalized spacial score (nSPS) is 11.2. The highest BCUT2D eigenvalue weighted by atomic mass is 16.5. The number of carbonyl (C=O) groups is 1. The maximum absolute atomic E-state index is 11.7. The maximum Gasteiger partial charge on any atom is 0.225 e. The summed E-state index contributed by atoms with van der Waals surface area (Å²) in [7, 11) is 1.67. The summed E-state index contributed by atoms with van der Waals surface area (Å²) in [4.78, 5) is 11.7. The van der Waals surface area contributed by atoms with Gasteiger partial charge in [0.25, 0.3) is 0 Å². The Morgan fingerprint density at radius 3 is 2.50 bits per heavy atom. The van der Waals surface area contributed by atoms with E-state index in [0.29, 0.717) is 6.54 Å². The summed E-state index contributed by atoms with van der Waals surface area (Å²) in [6.07, 6.45) is 0.840. The third-order valence-corrected chi connectivity index (χ3v) is 2.84. The molecule has 0 bridgehead atoms. The first-order valence-electron chi connectivity index (χ1n) is 6.26. The van der Waals surface area contributed by atoms with Crippen LogP contribution in [0.25, 0.3) is 0 Å². The van der Waals surface area contributed by atoms with Crippen molar-refractivity contribution in [2.24, 2.45) is 5.41 Å². The zero-order chi connectivity index (χ0) is 13.8. The van der Waals surface area contributed by atoms with Gasteiger partial charge in [0.15, 0.2) is 0 Å². The lowest BCUT2D eigenvalue weighted by Gasteiger charge is -2.17. The van der Waals surface area contributed by atoms with Gasteiger partial charge in [0.05, 0.1) is 7.11 Å². The van der Waals surface area contributed by atoms with E-state index in [2.05, 4.69) is 11.4 Å². The minimum atomic E-state index is -0.324. The quantitative estimate of drug-likeness (QED) is 0.891. The number of hydrogen-bond donors (Lipinski definition) is 1. The first-order chi connectivity index (χ1) is 8.34. The Balaban J connectivity index is 2.50. The molecule has 0 spiro atoms. The van der Waals surface area contributed by atoms with E-state index in [1.807, 2.05) is 39.8 Å². The number of amides is 1. The summed E-state index contributed by atoms with van der Waals surface area (Å²) in [6, 6.07) is 6.10. The smallest absolute Gasteiger partial charge is 0.225 e. The summed E-state index contributed by atoms with van der Waals surface area (Å²) >= 11 is 0. The summed E-state index contributed by atoms with van der Waals surface area (Å²) < 4.78 is 5.22. The molecule has 0 aromatic heterocycles. The van der Waals surface area contributed by atoms with E-state index in [1.165, 1.54) is 5.56 Å². The maximum atomic E-state index is 11.7. The average molecular weight is 249 g/mol. The molecule has 3 nitrogen and oxygen atoms in total. The molecule has 1 N–H and O–H groups in total. The molecular weight excluding hydrogens is 226 g/mol. The van der Waals surface area contributed by atoms with Crippen LogP contribution in [0.2, 0.25) is 0 Å². The molecule has 1 rings (SSSR count). The van der Waals surface area contributed by atoms with Gasteiger partial charge in [0.1, 0.15) is 5.75 Å². The molecule has 0 atom stereocenters. The zero-order valence-electron chi connectivity index (χ0n) is 12.0. The van der Waals surface area contributed by atoms with Gasteiger partial charge in [-0.25, -0.2) is 0 Å². The first kappa shape index (κ1) is 14.6. The van der Waals surface area contributed by atoms with Crippen LogP contribution < -0.4 is 10.1 Å². The van der Waals surface area contributed by atoms with Crippen LogP contribution >= 0.6 is 0 Å². The molecule has 18 heavy (non-hydrogen) atoms. The van der Waals surface area contributed by atoms with Gasteiger partial charge >= 0.3 is 0 Å². The van der Waals surface area contributed by atoms with E-state index in [9.17, 15) is 4.79 Å². The number of ether oxygens (including phenoxy) is 1.